The van der Waals surface area contributed by atoms with Crippen LogP contribution in [0, 0.1) is 7.14 Å². The normalized spacial score (nSPS) is 10.8. The number of nitrogens with one attached hydrogen (secondary N) is 1. The van der Waals surface area contributed by atoms with Crippen LogP contribution in [-0.4, -0.2) is 23.2 Å². The lowest BCUT2D eigenvalue weighted by molar-refractivity contribution is 0.0696. The Bertz CT molecular complexity index is 1130. The van der Waals surface area contributed by atoms with E-state index >= 15 is 0 Å². The zero-order chi connectivity index (χ0) is 22.4. The van der Waals surface area contributed by atoms with Crippen molar-refractivity contribution in [2.75, 3.05) is 0 Å². The zero-order valence-corrected chi connectivity index (χ0v) is 21.7. The first-order chi connectivity index (χ1) is 14.8. The van der Waals surface area contributed by atoms with Crippen molar-refractivity contribution < 1.29 is 19.4 Å². The maximum Gasteiger partial charge on any atom is 0.335 e. The minimum Gasteiger partial charge on any atom is -0.487 e. The van der Waals surface area contributed by atoms with Crippen molar-refractivity contribution in [3.05, 3.63) is 94.5 Å². The van der Waals surface area contributed by atoms with Crippen LogP contribution in [0.2, 0.25) is 0 Å². The molecule has 2 N–H and O–H groups in total. The summed E-state index contributed by atoms with van der Waals surface area (Å²) < 4.78 is 8.55. The first-order valence-electron chi connectivity index (χ1n) is 8.86. The molecule has 0 spiro atoms. The van der Waals surface area contributed by atoms with Gasteiger partial charge in [-0.2, -0.15) is 5.10 Å². The van der Waals surface area contributed by atoms with E-state index in [0.29, 0.717) is 12.2 Å². The molecule has 158 valence electrons. The fraction of sp³-hybridized carbons (Fsp3) is 0.0455. The number of hydrazone groups is 1. The SMILES string of the molecule is O=C(O)c1ccc(COc2c(I)cc(/C=N\NC(=O)c3cccc(Br)c3)cc2I)cc1. The van der Waals surface area contributed by atoms with Gasteiger partial charge in [0.15, 0.2) is 0 Å². The van der Waals surface area contributed by atoms with Gasteiger partial charge in [0.1, 0.15) is 12.4 Å². The van der Waals surface area contributed by atoms with Crippen LogP contribution in [0.15, 0.2) is 70.2 Å². The monoisotopic (exact) mass is 704 g/mol. The lowest BCUT2D eigenvalue weighted by Gasteiger charge is -2.11. The summed E-state index contributed by atoms with van der Waals surface area (Å²) in [7, 11) is 0. The topological polar surface area (TPSA) is 88.0 Å². The molecule has 0 atom stereocenters. The van der Waals surface area contributed by atoms with Gasteiger partial charge in [-0.25, -0.2) is 10.2 Å². The summed E-state index contributed by atoms with van der Waals surface area (Å²) in [6, 6.07) is 17.4. The number of carbonyl (C=O) groups excluding carboxylic acids is 1. The van der Waals surface area contributed by atoms with E-state index in [9.17, 15) is 9.59 Å². The van der Waals surface area contributed by atoms with E-state index < -0.39 is 5.97 Å². The van der Waals surface area contributed by atoms with Crippen LogP contribution in [-0.2, 0) is 6.61 Å². The van der Waals surface area contributed by atoms with E-state index in [4.69, 9.17) is 9.84 Å². The number of carbonyl (C=O) groups is 2. The second kappa shape index (κ2) is 11.0. The molecule has 1 amide bonds. The van der Waals surface area contributed by atoms with Crippen LogP contribution >= 0.6 is 61.1 Å². The minimum atomic E-state index is -0.957. The summed E-state index contributed by atoms with van der Waals surface area (Å²) in [4.78, 5) is 23.1. The van der Waals surface area contributed by atoms with Gasteiger partial charge in [0.2, 0.25) is 0 Å². The van der Waals surface area contributed by atoms with Crippen molar-refractivity contribution in [1.82, 2.24) is 5.43 Å². The van der Waals surface area contributed by atoms with Gasteiger partial charge in [-0.05, 0) is 98.8 Å². The molecule has 0 unspecified atom stereocenters. The van der Waals surface area contributed by atoms with Gasteiger partial charge < -0.3 is 9.84 Å². The van der Waals surface area contributed by atoms with E-state index in [1.165, 1.54) is 0 Å². The standard InChI is InChI=1S/C22H15BrI2N2O4/c23-17-3-1-2-16(10-17)21(28)27-26-11-14-8-18(24)20(19(25)9-14)31-12-13-4-6-15(7-5-13)22(29)30/h1-11H,12H2,(H,27,28)(H,29,30)/b26-11-. The Morgan fingerprint density at radius 3 is 2.32 bits per heavy atom. The number of ether oxygens (including phenoxy) is 1. The van der Waals surface area contributed by atoms with Gasteiger partial charge in [-0.3, -0.25) is 4.79 Å². The Balaban J connectivity index is 1.63. The molecular weight excluding hydrogens is 690 g/mol. The molecule has 0 aliphatic rings. The Hall–Kier alpha value is -1.99. The number of rotatable bonds is 7. The van der Waals surface area contributed by atoms with Crippen LogP contribution in [0.3, 0.4) is 0 Å². The molecule has 0 saturated heterocycles. The van der Waals surface area contributed by atoms with E-state index in [1.807, 2.05) is 18.2 Å². The summed E-state index contributed by atoms with van der Waals surface area (Å²) in [6.45, 7) is 0.321. The fourth-order valence-corrected chi connectivity index (χ4v) is 5.08. The number of aromatic carboxylic acids is 1. The number of carboxylic acid groups (broad SMARTS) is 1. The lowest BCUT2D eigenvalue weighted by Crippen LogP contribution is -2.17. The first kappa shape index (κ1) is 23.7. The molecule has 6 nitrogen and oxygen atoms in total. The molecule has 3 aromatic carbocycles. The summed E-state index contributed by atoms with van der Waals surface area (Å²) >= 11 is 7.71. The van der Waals surface area contributed by atoms with Crippen LogP contribution in [0.25, 0.3) is 0 Å². The van der Waals surface area contributed by atoms with Crippen molar-refractivity contribution in [1.29, 1.82) is 0 Å². The highest BCUT2D eigenvalue weighted by Gasteiger charge is 2.10. The second-order valence-corrected chi connectivity index (χ2v) is 9.55. The molecule has 31 heavy (non-hydrogen) atoms. The third-order valence-corrected chi connectivity index (χ3v) is 6.17. The van der Waals surface area contributed by atoms with Gasteiger partial charge in [-0.1, -0.05) is 34.1 Å². The number of amides is 1. The fourth-order valence-electron chi connectivity index (χ4n) is 2.55. The Labute approximate surface area is 214 Å². The number of hydrogen-bond acceptors (Lipinski definition) is 4. The molecule has 0 aromatic heterocycles. The van der Waals surface area contributed by atoms with E-state index in [-0.39, 0.29) is 11.5 Å². The van der Waals surface area contributed by atoms with Crippen molar-refractivity contribution >= 4 is 79.2 Å². The Kier molecular flexibility index (Phi) is 8.43. The molecular formula is C22H15BrI2N2O4. The molecule has 3 rings (SSSR count). The van der Waals surface area contributed by atoms with Gasteiger partial charge in [0.25, 0.3) is 5.91 Å². The second-order valence-electron chi connectivity index (χ2n) is 6.31. The molecule has 0 radical (unpaired) electrons. The average molecular weight is 705 g/mol. The first-order valence-corrected chi connectivity index (χ1v) is 11.8. The Morgan fingerprint density at radius 1 is 1.03 bits per heavy atom. The van der Waals surface area contributed by atoms with Crippen LogP contribution in [0.4, 0.5) is 0 Å². The molecule has 0 heterocycles. The molecule has 0 aliphatic carbocycles. The molecule has 0 bridgehead atoms. The van der Waals surface area contributed by atoms with Crippen LogP contribution in [0.5, 0.6) is 5.75 Å². The number of hydrogen-bond donors (Lipinski definition) is 2. The molecule has 0 fully saturated rings. The highest BCUT2D eigenvalue weighted by atomic mass is 127. The van der Waals surface area contributed by atoms with Crippen molar-refractivity contribution in [3.8, 4) is 5.75 Å². The van der Waals surface area contributed by atoms with E-state index in [1.54, 1.807) is 48.7 Å². The minimum absolute atomic E-state index is 0.239. The third-order valence-electron chi connectivity index (χ3n) is 4.07. The van der Waals surface area contributed by atoms with Gasteiger partial charge >= 0.3 is 5.97 Å². The van der Waals surface area contributed by atoms with Crippen molar-refractivity contribution in [2.24, 2.45) is 5.10 Å². The summed E-state index contributed by atoms with van der Waals surface area (Å²) in [5, 5.41) is 13.0. The highest BCUT2D eigenvalue weighted by molar-refractivity contribution is 14.1. The van der Waals surface area contributed by atoms with Gasteiger partial charge in [0, 0.05) is 10.0 Å². The average Bonchev–Trinajstić information content (AvgIpc) is 2.73. The number of carboxylic acids is 1. The lowest BCUT2D eigenvalue weighted by atomic mass is 10.1. The third kappa shape index (κ3) is 6.74. The molecule has 3 aromatic rings. The number of benzene rings is 3. The van der Waals surface area contributed by atoms with Crippen LogP contribution in [0.1, 0.15) is 31.8 Å². The smallest absolute Gasteiger partial charge is 0.335 e. The summed E-state index contributed by atoms with van der Waals surface area (Å²) in [5.74, 6) is -0.517. The number of nitrogens with zero attached hydrogens (tertiary/aromatic N) is 1. The van der Waals surface area contributed by atoms with E-state index in [0.717, 1.165) is 28.5 Å². The molecule has 0 saturated carbocycles. The van der Waals surface area contributed by atoms with Crippen molar-refractivity contribution in [2.45, 2.75) is 6.61 Å². The van der Waals surface area contributed by atoms with Gasteiger partial charge in [0.05, 0.1) is 18.9 Å². The zero-order valence-electron chi connectivity index (χ0n) is 15.8. The Morgan fingerprint density at radius 2 is 1.71 bits per heavy atom. The summed E-state index contributed by atoms with van der Waals surface area (Å²) in [5.41, 5.74) is 4.96. The maximum absolute atomic E-state index is 12.2. The largest absolute Gasteiger partial charge is 0.487 e. The van der Waals surface area contributed by atoms with E-state index in [2.05, 4.69) is 71.6 Å². The van der Waals surface area contributed by atoms with Crippen LogP contribution < -0.4 is 10.2 Å². The maximum atomic E-state index is 12.2. The molecule has 0 aliphatic heterocycles. The predicted molar refractivity (Wildman–Crippen MR) is 139 cm³/mol. The van der Waals surface area contributed by atoms with Gasteiger partial charge in [-0.15, -0.1) is 0 Å². The summed E-state index contributed by atoms with van der Waals surface area (Å²) in [6.07, 6.45) is 1.58. The molecule has 9 heteroatoms. The number of halogens is 3. The van der Waals surface area contributed by atoms with Crippen molar-refractivity contribution in [3.63, 3.8) is 0 Å². The quantitative estimate of drug-likeness (QED) is 0.188. The predicted octanol–water partition coefficient (Wildman–Crippen LogP) is 5.70. The highest BCUT2D eigenvalue weighted by Crippen LogP contribution is 2.29.